The summed E-state index contributed by atoms with van der Waals surface area (Å²) in [5.41, 5.74) is 1.29. The number of ether oxygens (including phenoxy) is 4. The fraction of sp³-hybridized carbons (Fsp3) is 0.576. The van der Waals surface area contributed by atoms with Crippen molar-refractivity contribution in [3.8, 4) is 17.2 Å². The number of carbonyl (C=O) groups is 2. The Bertz CT molecular complexity index is 1260. The third-order valence-electron chi connectivity index (χ3n) is 8.04. The molecule has 0 spiro atoms. The predicted molar refractivity (Wildman–Crippen MR) is 170 cm³/mol. The van der Waals surface area contributed by atoms with Gasteiger partial charge in [0, 0.05) is 43.1 Å². The number of urea groups is 1. The van der Waals surface area contributed by atoms with E-state index in [9.17, 15) is 14.7 Å². The Balaban J connectivity index is 1.59. The van der Waals surface area contributed by atoms with Crippen LogP contribution in [0.2, 0.25) is 0 Å². The van der Waals surface area contributed by atoms with Crippen LogP contribution in [-0.2, 0) is 4.74 Å². The van der Waals surface area contributed by atoms with E-state index in [4.69, 9.17) is 18.9 Å². The van der Waals surface area contributed by atoms with Gasteiger partial charge in [0.2, 0.25) is 6.79 Å². The van der Waals surface area contributed by atoms with E-state index in [1.165, 1.54) is 0 Å². The summed E-state index contributed by atoms with van der Waals surface area (Å²) >= 11 is 0. The van der Waals surface area contributed by atoms with Crippen molar-refractivity contribution in [3.63, 3.8) is 0 Å². The Morgan fingerprint density at radius 1 is 1.07 bits per heavy atom. The summed E-state index contributed by atoms with van der Waals surface area (Å²) in [7, 11) is 2.09. The van der Waals surface area contributed by atoms with E-state index in [0.717, 1.165) is 38.8 Å². The molecule has 242 valence electrons. The van der Waals surface area contributed by atoms with Crippen LogP contribution in [0.4, 0.5) is 16.2 Å². The zero-order valence-corrected chi connectivity index (χ0v) is 26.6. The largest absolute Gasteiger partial charge is 0.490 e. The molecule has 3 amide bonds. The average molecular weight is 613 g/mol. The Morgan fingerprint density at radius 3 is 2.50 bits per heavy atom. The minimum atomic E-state index is -0.475. The molecule has 0 bridgehead atoms. The van der Waals surface area contributed by atoms with Crippen LogP contribution in [0.25, 0.3) is 0 Å². The van der Waals surface area contributed by atoms with Crippen molar-refractivity contribution in [2.24, 2.45) is 5.92 Å². The van der Waals surface area contributed by atoms with Crippen molar-refractivity contribution in [3.05, 3.63) is 42.0 Å². The number of nitrogens with one attached hydrogen (secondary N) is 2. The summed E-state index contributed by atoms with van der Waals surface area (Å²) < 4.78 is 23.4. The lowest BCUT2D eigenvalue weighted by Crippen LogP contribution is -2.47. The molecule has 0 aliphatic carbocycles. The highest BCUT2D eigenvalue weighted by Gasteiger charge is 2.30. The standard InChI is InChI=1S/C33H48N4O7/c1-6-14-36(5)19-31-22(2)18-37(23(3)20-38)32(39)27-16-25(10-12-28(27)44-24(4)9-7-8-15-41-31)34-33(40)35-26-11-13-29-30(17-26)43-21-42-29/h10-13,16-17,22-24,31,38H,6-9,14-15,18-21H2,1-5H3,(H2,34,35,40)/t22-,23-,24-,31+/m0/s1. The fourth-order valence-electron chi connectivity index (χ4n) is 5.51. The van der Waals surface area contributed by atoms with Crippen LogP contribution < -0.4 is 24.8 Å². The lowest BCUT2D eigenvalue weighted by molar-refractivity contribution is -0.0167. The molecule has 11 nitrogen and oxygen atoms in total. The first-order valence-corrected chi connectivity index (χ1v) is 15.7. The molecule has 2 aliphatic rings. The normalized spacial score (nSPS) is 21.7. The van der Waals surface area contributed by atoms with Crippen LogP contribution in [0.5, 0.6) is 17.2 Å². The van der Waals surface area contributed by atoms with Gasteiger partial charge >= 0.3 is 6.03 Å². The van der Waals surface area contributed by atoms with Gasteiger partial charge < -0.3 is 44.5 Å². The maximum absolute atomic E-state index is 14.3. The van der Waals surface area contributed by atoms with Crippen molar-refractivity contribution >= 4 is 23.3 Å². The number of likely N-dealkylation sites (N-methyl/N-ethyl adjacent to an activating group) is 1. The Labute approximate surface area is 260 Å². The lowest BCUT2D eigenvalue weighted by Gasteiger charge is -2.35. The van der Waals surface area contributed by atoms with Crippen LogP contribution in [-0.4, -0.2) is 91.8 Å². The zero-order valence-electron chi connectivity index (χ0n) is 26.6. The minimum absolute atomic E-state index is 0.00674. The van der Waals surface area contributed by atoms with Gasteiger partial charge in [-0.15, -0.1) is 0 Å². The summed E-state index contributed by atoms with van der Waals surface area (Å²) in [5, 5.41) is 15.8. The van der Waals surface area contributed by atoms with Gasteiger partial charge in [0.25, 0.3) is 5.91 Å². The van der Waals surface area contributed by atoms with E-state index in [0.29, 0.717) is 47.3 Å². The van der Waals surface area contributed by atoms with Crippen LogP contribution in [0, 0.1) is 5.92 Å². The quantitative estimate of drug-likeness (QED) is 0.372. The molecule has 0 saturated heterocycles. The van der Waals surface area contributed by atoms with Gasteiger partial charge in [-0.1, -0.05) is 13.8 Å². The molecule has 0 aromatic heterocycles. The molecule has 4 rings (SSSR count). The molecule has 2 aliphatic heterocycles. The number of aliphatic hydroxyl groups excluding tert-OH is 1. The summed E-state index contributed by atoms with van der Waals surface area (Å²) in [5.74, 6) is 1.35. The average Bonchev–Trinajstić information content (AvgIpc) is 3.46. The van der Waals surface area contributed by atoms with Crippen molar-refractivity contribution in [2.75, 3.05) is 57.3 Å². The number of amides is 3. The summed E-state index contributed by atoms with van der Waals surface area (Å²) in [6.45, 7) is 10.8. The molecule has 0 unspecified atom stereocenters. The Hall–Kier alpha value is -3.54. The summed E-state index contributed by atoms with van der Waals surface area (Å²) in [6, 6.07) is 9.31. The molecule has 44 heavy (non-hydrogen) atoms. The zero-order chi connectivity index (χ0) is 31.6. The van der Waals surface area contributed by atoms with Gasteiger partial charge in [-0.2, -0.15) is 0 Å². The van der Waals surface area contributed by atoms with E-state index in [2.05, 4.69) is 36.4 Å². The minimum Gasteiger partial charge on any atom is -0.490 e. The first kappa shape index (κ1) is 33.4. The molecule has 2 aromatic carbocycles. The molecule has 0 saturated carbocycles. The van der Waals surface area contributed by atoms with Crippen molar-refractivity contribution in [1.29, 1.82) is 0 Å². The van der Waals surface area contributed by atoms with Crippen molar-refractivity contribution < 1.29 is 33.6 Å². The number of hydrogen-bond acceptors (Lipinski definition) is 8. The molecule has 4 atom stereocenters. The second-order valence-corrected chi connectivity index (χ2v) is 11.9. The highest BCUT2D eigenvalue weighted by Crippen LogP contribution is 2.34. The number of anilines is 2. The Kier molecular flexibility index (Phi) is 12.1. The van der Waals surface area contributed by atoms with Crippen LogP contribution in [0.15, 0.2) is 36.4 Å². The van der Waals surface area contributed by atoms with E-state index in [1.807, 2.05) is 13.8 Å². The lowest BCUT2D eigenvalue weighted by atomic mass is 10.0. The molecular formula is C33H48N4O7. The first-order valence-electron chi connectivity index (χ1n) is 15.7. The maximum atomic E-state index is 14.3. The third-order valence-corrected chi connectivity index (χ3v) is 8.04. The highest BCUT2D eigenvalue weighted by atomic mass is 16.7. The molecular weight excluding hydrogens is 564 g/mol. The van der Waals surface area contributed by atoms with E-state index in [-0.39, 0.29) is 37.4 Å². The van der Waals surface area contributed by atoms with Gasteiger partial charge in [-0.3, -0.25) is 4.79 Å². The van der Waals surface area contributed by atoms with Gasteiger partial charge in [0.1, 0.15) is 5.75 Å². The van der Waals surface area contributed by atoms with E-state index >= 15 is 0 Å². The molecule has 0 radical (unpaired) electrons. The fourth-order valence-corrected chi connectivity index (χ4v) is 5.51. The third kappa shape index (κ3) is 8.99. The van der Waals surface area contributed by atoms with Crippen LogP contribution in [0.3, 0.4) is 0 Å². The van der Waals surface area contributed by atoms with Gasteiger partial charge in [-0.05, 0) is 83.5 Å². The second-order valence-electron chi connectivity index (χ2n) is 11.9. The number of fused-ring (bicyclic) bond motifs is 2. The predicted octanol–water partition coefficient (Wildman–Crippen LogP) is 5.20. The van der Waals surface area contributed by atoms with Crippen molar-refractivity contribution in [2.45, 2.75) is 71.6 Å². The smallest absolute Gasteiger partial charge is 0.323 e. The van der Waals surface area contributed by atoms with Gasteiger partial charge in [0.15, 0.2) is 11.5 Å². The number of rotatable bonds is 8. The van der Waals surface area contributed by atoms with Crippen LogP contribution in [0.1, 0.15) is 63.7 Å². The van der Waals surface area contributed by atoms with Gasteiger partial charge in [-0.25, -0.2) is 4.79 Å². The monoisotopic (exact) mass is 612 g/mol. The topological polar surface area (TPSA) is 122 Å². The summed E-state index contributed by atoms with van der Waals surface area (Å²) in [6.07, 6.45) is 3.50. The SMILES string of the molecule is CCCN(C)C[C@H]1OCCCC[C@H](C)Oc2ccc(NC(=O)Nc3ccc4c(c3)OCO4)cc2C(=O)N([C@@H](C)CO)C[C@@H]1C. The molecule has 0 fully saturated rings. The number of hydrogen-bond donors (Lipinski definition) is 3. The Morgan fingerprint density at radius 2 is 1.77 bits per heavy atom. The summed E-state index contributed by atoms with van der Waals surface area (Å²) in [4.78, 5) is 31.1. The molecule has 2 aromatic rings. The number of benzene rings is 2. The number of carbonyl (C=O) groups excluding carboxylic acids is 2. The van der Waals surface area contributed by atoms with Crippen LogP contribution >= 0.6 is 0 Å². The number of aliphatic hydroxyl groups is 1. The van der Waals surface area contributed by atoms with E-state index < -0.39 is 12.1 Å². The molecule has 11 heteroatoms. The van der Waals surface area contributed by atoms with Crippen molar-refractivity contribution in [1.82, 2.24) is 9.80 Å². The second kappa shape index (κ2) is 16.0. The number of nitrogens with zero attached hydrogens (tertiary/aromatic N) is 2. The molecule has 2 heterocycles. The van der Waals surface area contributed by atoms with E-state index in [1.54, 1.807) is 41.3 Å². The highest BCUT2D eigenvalue weighted by molar-refractivity contribution is 6.02. The molecule has 3 N–H and O–H groups in total. The maximum Gasteiger partial charge on any atom is 0.323 e. The van der Waals surface area contributed by atoms with Gasteiger partial charge in [0.05, 0.1) is 30.4 Å². The first-order chi connectivity index (χ1) is 21.2.